The molecule has 2 fully saturated rings. The molecule has 2 saturated heterocycles. The second-order valence-electron chi connectivity index (χ2n) is 7.55. The number of fused-ring (bicyclic) bond motifs is 4. The zero-order valence-electron chi connectivity index (χ0n) is 14.6. The van der Waals surface area contributed by atoms with Crippen molar-refractivity contribution < 1.29 is 9.59 Å². The summed E-state index contributed by atoms with van der Waals surface area (Å²) in [6, 6.07) is 8.73. The summed E-state index contributed by atoms with van der Waals surface area (Å²) in [5.74, 6) is 0.182. The van der Waals surface area contributed by atoms with E-state index < -0.39 is 0 Å². The first-order chi connectivity index (χ1) is 12.7. The number of nitrogens with zero attached hydrogens (tertiary/aromatic N) is 3. The highest BCUT2D eigenvalue weighted by molar-refractivity contribution is 5.83. The lowest BCUT2D eigenvalue weighted by Gasteiger charge is -2.34. The molecule has 26 heavy (non-hydrogen) atoms. The van der Waals surface area contributed by atoms with Gasteiger partial charge in [-0.2, -0.15) is 0 Å². The molecule has 2 aromatic rings. The fraction of sp³-hybridized carbons (Fsp3) is 0.450. The Bertz CT molecular complexity index is 874. The van der Waals surface area contributed by atoms with Crippen LogP contribution in [0.3, 0.4) is 0 Å². The van der Waals surface area contributed by atoms with E-state index in [0.717, 1.165) is 25.0 Å². The molecule has 3 atom stereocenters. The van der Waals surface area contributed by atoms with Crippen LogP contribution in [0, 0.1) is 5.92 Å². The van der Waals surface area contributed by atoms with Crippen LogP contribution in [0.5, 0.6) is 0 Å². The number of imidazole rings is 1. The second kappa shape index (κ2) is 5.97. The molecule has 1 aromatic carbocycles. The normalized spacial score (nSPS) is 26.4. The molecule has 0 saturated carbocycles. The second-order valence-corrected chi connectivity index (χ2v) is 7.55. The van der Waals surface area contributed by atoms with Gasteiger partial charge < -0.3 is 14.8 Å². The summed E-state index contributed by atoms with van der Waals surface area (Å²) in [7, 11) is 0. The molecule has 1 unspecified atom stereocenters. The van der Waals surface area contributed by atoms with E-state index in [1.807, 2.05) is 29.6 Å². The summed E-state index contributed by atoms with van der Waals surface area (Å²) in [6.07, 6.45) is 7.12. The Morgan fingerprint density at radius 2 is 2.12 bits per heavy atom. The lowest BCUT2D eigenvalue weighted by Crippen LogP contribution is -2.47. The highest BCUT2D eigenvalue weighted by Gasteiger charge is 2.38. The van der Waals surface area contributed by atoms with Crippen molar-refractivity contribution in [1.29, 1.82) is 0 Å². The highest BCUT2D eigenvalue weighted by Crippen LogP contribution is 2.38. The van der Waals surface area contributed by atoms with Crippen molar-refractivity contribution in [3.8, 4) is 11.3 Å². The summed E-state index contributed by atoms with van der Waals surface area (Å²) >= 11 is 0. The maximum atomic E-state index is 12.7. The van der Waals surface area contributed by atoms with Crippen molar-refractivity contribution in [3.05, 3.63) is 42.4 Å². The van der Waals surface area contributed by atoms with Crippen molar-refractivity contribution in [3.63, 3.8) is 0 Å². The minimum absolute atomic E-state index is 0.0641. The monoisotopic (exact) mass is 350 g/mol. The number of piperidine rings is 1. The van der Waals surface area contributed by atoms with E-state index in [4.69, 9.17) is 0 Å². The maximum Gasteiger partial charge on any atom is 0.224 e. The predicted molar refractivity (Wildman–Crippen MR) is 96.3 cm³/mol. The summed E-state index contributed by atoms with van der Waals surface area (Å²) in [5.41, 5.74) is 3.51. The van der Waals surface area contributed by atoms with Gasteiger partial charge in [-0.25, -0.2) is 4.98 Å². The number of hydrogen-bond acceptors (Lipinski definition) is 3. The van der Waals surface area contributed by atoms with Gasteiger partial charge in [-0.1, -0.05) is 24.3 Å². The molecule has 0 radical (unpaired) electrons. The number of amides is 2. The van der Waals surface area contributed by atoms with Crippen LogP contribution in [0.15, 0.2) is 36.8 Å². The van der Waals surface area contributed by atoms with E-state index >= 15 is 0 Å². The minimum Gasteiger partial charge on any atom is -0.353 e. The van der Waals surface area contributed by atoms with Crippen molar-refractivity contribution in [2.75, 3.05) is 13.1 Å². The van der Waals surface area contributed by atoms with Crippen LogP contribution in [0.1, 0.15) is 37.3 Å². The Kier molecular flexibility index (Phi) is 3.58. The molecule has 4 heterocycles. The van der Waals surface area contributed by atoms with Crippen LogP contribution in [-0.4, -0.2) is 45.4 Å². The molecule has 3 aliphatic heterocycles. The van der Waals surface area contributed by atoms with Crippen LogP contribution in [0.25, 0.3) is 11.3 Å². The number of carbonyl (C=O) groups excluding carboxylic acids is 2. The van der Waals surface area contributed by atoms with E-state index in [2.05, 4.69) is 27.0 Å². The van der Waals surface area contributed by atoms with Crippen LogP contribution in [0.4, 0.5) is 0 Å². The van der Waals surface area contributed by atoms with E-state index in [1.165, 1.54) is 11.1 Å². The molecule has 0 spiro atoms. The first-order valence-electron chi connectivity index (χ1n) is 9.40. The average Bonchev–Trinajstić information content (AvgIpc) is 3.35. The van der Waals surface area contributed by atoms with Gasteiger partial charge in [0, 0.05) is 31.1 Å². The molecule has 0 aliphatic carbocycles. The standard InChI is InChI=1S/C20H22N4O2/c25-19-8-7-14-6-5-13(11-23(14)19)20(26)22-10-18-16-4-2-1-3-15(16)17-9-21-12-24(17)18/h1-4,9,12-14,18H,5-8,10-11H2,(H,22,26)/t13-,14?,18-/m1/s1. The van der Waals surface area contributed by atoms with Crippen molar-refractivity contribution in [1.82, 2.24) is 19.8 Å². The lowest BCUT2D eigenvalue weighted by molar-refractivity contribution is -0.134. The molecule has 3 aliphatic rings. The molecular weight excluding hydrogens is 328 g/mol. The summed E-state index contributed by atoms with van der Waals surface area (Å²) in [5, 5.41) is 3.14. The Hall–Kier alpha value is -2.63. The first kappa shape index (κ1) is 15.6. The van der Waals surface area contributed by atoms with Gasteiger partial charge in [0.2, 0.25) is 11.8 Å². The van der Waals surface area contributed by atoms with Gasteiger partial charge in [0.25, 0.3) is 0 Å². The third kappa shape index (κ3) is 2.35. The number of benzene rings is 1. The molecule has 1 aromatic heterocycles. The Labute approximate surface area is 152 Å². The number of carbonyl (C=O) groups is 2. The van der Waals surface area contributed by atoms with Crippen LogP contribution >= 0.6 is 0 Å². The lowest BCUT2D eigenvalue weighted by atomic mass is 9.92. The van der Waals surface area contributed by atoms with E-state index in [9.17, 15) is 9.59 Å². The minimum atomic E-state index is -0.0906. The highest BCUT2D eigenvalue weighted by atomic mass is 16.2. The summed E-state index contributed by atoms with van der Waals surface area (Å²) in [6.45, 7) is 1.12. The molecule has 6 heteroatoms. The topological polar surface area (TPSA) is 67.2 Å². The zero-order chi connectivity index (χ0) is 17.7. The maximum absolute atomic E-state index is 12.7. The number of aromatic nitrogens is 2. The van der Waals surface area contributed by atoms with Gasteiger partial charge in [0.15, 0.2) is 0 Å². The third-order valence-corrected chi connectivity index (χ3v) is 6.16. The van der Waals surface area contributed by atoms with Crippen LogP contribution in [-0.2, 0) is 9.59 Å². The molecule has 0 bridgehead atoms. The largest absolute Gasteiger partial charge is 0.353 e. The Morgan fingerprint density at radius 3 is 3.04 bits per heavy atom. The fourth-order valence-electron chi connectivity index (χ4n) is 4.76. The Balaban J connectivity index is 1.28. The van der Waals surface area contributed by atoms with E-state index in [0.29, 0.717) is 25.6 Å². The Morgan fingerprint density at radius 1 is 1.23 bits per heavy atom. The first-order valence-corrected chi connectivity index (χ1v) is 9.40. The molecule has 134 valence electrons. The summed E-state index contributed by atoms with van der Waals surface area (Å²) < 4.78 is 2.13. The van der Waals surface area contributed by atoms with Crippen LogP contribution < -0.4 is 5.32 Å². The van der Waals surface area contributed by atoms with Gasteiger partial charge in [-0.05, 0) is 24.8 Å². The molecule has 5 rings (SSSR count). The molecule has 6 nitrogen and oxygen atoms in total. The quantitative estimate of drug-likeness (QED) is 0.920. The number of rotatable bonds is 3. The zero-order valence-corrected chi connectivity index (χ0v) is 14.6. The number of hydrogen-bond donors (Lipinski definition) is 1. The van der Waals surface area contributed by atoms with E-state index in [-0.39, 0.29) is 23.8 Å². The van der Waals surface area contributed by atoms with Crippen LogP contribution in [0.2, 0.25) is 0 Å². The average molecular weight is 350 g/mol. The smallest absolute Gasteiger partial charge is 0.224 e. The third-order valence-electron chi connectivity index (χ3n) is 6.16. The summed E-state index contributed by atoms with van der Waals surface area (Å²) in [4.78, 5) is 30.9. The van der Waals surface area contributed by atoms with Crippen molar-refractivity contribution in [2.24, 2.45) is 5.92 Å². The number of nitrogens with one attached hydrogen (secondary N) is 1. The van der Waals surface area contributed by atoms with Crippen molar-refractivity contribution in [2.45, 2.75) is 37.8 Å². The predicted octanol–water partition coefficient (Wildman–Crippen LogP) is 1.97. The fourth-order valence-corrected chi connectivity index (χ4v) is 4.76. The molecule has 1 N–H and O–H groups in total. The van der Waals surface area contributed by atoms with Gasteiger partial charge in [0.05, 0.1) is 30.2 Å². The van der Waals surface area contributed by atoms with Gasteiger partial charge in [-0.3, -0.25) is 9.59 Å². The van der Waals surface area contributed by atoms with Gasteiger partial charge >= 0.3 is 0 Å². The van der Waals surface area contributed by atoms with Gasteiger partial charge in [-0.15, -0.1) is 0 Å². The molecule has 2 amide bonds. The van der Waals surface area contributed by atoms with E-state index in [1.54, 1.807) is 0 Å². The molecular formula is C20H22N4O2. The van der Waals surface area contributed by atoms with Crippen molar-refractivity contribution >= 4 is 11.8 Å². The van der Waals surface area contributed by atoms with Gasteiger partial charge in [0.1, 0.15) is 0 Å². The SMILES string of the molecule is O=C(NC[C@@H]1c2ccccc2-c2cncn21)[C@@H]1CCC2CCC(=O)N2C1.